The Hall–Kier alpha value is -4.88. The molecule has 4 aromatic rings. The Balaban J connectivity index is 1.38. The third-order valence-electron chi connectivity index (χ3n) is 7.51. The van der Waals surface area contributed by atoms with Crippen LogP contribution in [0.25, 0.3) is 0 Å². The van der Waals surface area contributed by atoms with Crippen molar-refractivity contribution in [3.05, 3.63) is 143 Å². The average Bonchev–Trinajstić information content (AvgIpc) is 3.04. The van der Waals surface area contributed by atoms with Crippen molar-refractivity contribution in [2.75, 3.05) is 0 Å². The highest BCUT2D eigenvalue weighted by atomic mass is 16.7. The third kappa shape index (κ3) is 7.90. The predicted octanol–water partition coefficient (Wildman–Crippen LogP) is 7.18. The third-order valence-corrected chi connectivity index (χ3v) is 7.51. The monoisotopic (exact) mass is 577 g/mol. The quantitative estimate of drug-likeness (QED) is 0.0875. The Morgan fingerprint density at radius 1 is 0.674 bits per heavy atom. The summed E-state index contributed by atoms with van der Waals surface area (Å²) in [5.41, 5.74) is 6.07. The van der Waals surface area contributed by atoms with Gasteiger partial charge in [0.2, 0.25) is 5.88 Å². The molecule has 0 amide bonds. The highest BCUT2D eigenvalue weighted by Gasteiger charge is 2.44. The molecule has 1 fully saturated rings. The zero-order chi connectivity index (χ0) is 29.9. The molecule has 220 valence electrons. The maximum Gasteiger partial charge on any atom is 0.321 e. The Bertz CT molecular complexity index is 1510. The molecule has 5 rings (SSSR count). The van der Waals surface area contributed by atoms with Crippen LogP contribution in [0.1, 0.15) is 49.3 Å². The minimum absolute atomic E-state index is 0.321. The summed E-state index contributed by atoms with van der Waals surface area (Å²) in [6, 6.07) is 36.1. The lowest BCUT2D eigenvalue weighted by molar-refractivity contribution is -0.142. The second-order valence-corrected chi connectivity index (χ2v) is 10.5. The number of hydroxylamine groups is 1. The number of para-hydroxylation sites is 1. The van der Waals surface area contributed by atoms with Crippen LogP contribution in [0.5, 0.6) is 11.5 Å². The molecule has 0 atom stereocenters. The van der Waals surface area contributed by atoms with E-state index in [1.54, 1.807) is 24.3 Å². The van der Waals surface area contributed by atoms with Gasteiger partial charge < -0.3 is 14.2 Å². The molecular weight excluding hydrogens is 542 g/mol. The maximum absolute atomic E-state index is 13.9. The summed E-state index contributed by atoms with van der Waals surface area (Å²) in [7, 11) is 0. The molecule has 1 aliphatic carbocycles. The standard InChI is InChI=1S/C36H35NO6/c1-27(38)42-33-19-17-31(18-20-33)36(35(39)43-32-15-9-4-10-16-32)23-21-30(22-24-36)34(40-25-28-11-5-2-6-12-28)37-41-26-29-13-7-3-8-14-29/h2-20,37H,21-26H2,1H3. The summed E-state index contributed by atoms with van der Waals surface area (Å²) >= 11 is 0. The van der Waals surface area contributed by atoms with Gasteiger partial charge in [0.25, 0.3) is 0 Å². The van der Waals surface area contributed by atoms with Crippen molar-refractivity contribution in [3.63, 3.8) is 0 Å². The molecule has 0 saturated heterocycles. The molecule has 4 aromatic carbocycles. The first-order valence-electron chi connectivity index (χ1n) is 14.4. The van der Waals surface area contributed by atoms with Gasteiger partial charge in [0.05, 0.1) is 12.0 Å². The number of esters is 2. The zero-order valence-corrected chi connectivity index (χ0v) is 24.2. The highest BCUT2D eigenvalue weighted by Crippen LogP contribution is 2.44. The molecule has 0 aliphatic heterocycles. The van der Waals surface area contributed by atoms with E-state index in [-0.39, 0.29) is 5.97 Å². The van der Waals surface area contributed by atoms with Crippen molar-refractivity contribution < 1.29 is 28.6 Å². The van der Waals surface area contributed by atoms with E-state index in [0.717, 1.165) is 22.3 Å². The minimum atomic E-state index is -0.899. The summed E-state index contributed by atoms with van der Waals surface area (Å²) < 4.78 is 17.4. The van der Waals surface area contributed by atoms with Gasteiger partial charge in [-0.1, -0.05) is 91.0 Å². The van der Waals surface area contributed by atoms with Gasteiger partial charge in [-0.3, -0.25) is 14.4 Å². The number of hydrogen-bond acceptors (Lipinski definition) is 7. The second-order valence-electron chi connectivity index (χ2n) is 10.5. The molecule has 0 radical (unpaired) electrons. The summed E-state index contributed by atoms with van der Waals surface area (Å²) in [6.45, 7) is 2.10. The first-order valence-corrected chi connectivity index (χ1v) is 14.4. The average molecular weight is 578 g/mol. The van der Waals surface area contributed by atoms with Crippen LogP contribution in [0.4, 0.5) is 0 Å². The van der Waals surface area contributed by atoms with Crippen molar-refractivity contribution in [1.82, 2.24) is 5.48 Å². The molecule has 1 aliphatic rings. The van der Waals surface area contributed by atoms with E-state index in [2.05, 4.69) is 5.48 Å². The molecule has 43 heavy (non-hydrogen) atoms. The van der Waals surface area contributed by atoms with Gasteiger partial charge in [-0.05, 0) is 72.2 Å². The van der Waals surface area contributed by atoms with Crippen molar-refractivity contribution >= 4 is 11.9 Å². The van der Waals surface area contributed by atoms with E-state index >= 15 is 0 Å². The summed E-state index contributed by atoms with van der Waals surface area (Å²) in [4.78, 5) is 31.2. The zero-order valence-electron chi connectivity index (χ0n) is 24.2. The molecule has 0 unspecified atom stereocenters. The number of rotatable bonds is 11. The Kier molecular flexibility index (Phi) is 9.87. The summed E-state index contributed by atoms with van der Waals surface area (Å²) in [5, 5.41) is 0. The number of carbonyl (C=O) groups is 2. The first-order chi connectivity index (χ1) is 21.0. The largest absolute Gasteiger partial charge is 0.473 e. The van der Waals surface area contributed by atoms with Gasteiger partial charge >= 0.3 is 11.9 Å². The van der Waals surface area contributed by atoms with E-state index in [1.807, 2.05) is 91.0 Å². The molecule has 0 spiro atoms. The lowest BCUT2D eigenvalue weighted by atomic mass is 9.68. The maximum atomic E-state index is 13.9. The van der Waals surface area contributed by atoms with Gasteiger partial charge in [0.1, 0.15) is 18.1 Å². The molecule has 0 heterocycles. The van der Waals surface area contributed by atoms with Gasteiger partial charge in [-0.15, -0.1) is 0 Å². The predicted molar refractivity (Wildman–Crippen MR) is 163 cm³/mol. The number of carbonyl (C=O) groups excluding carboxylic acids is 2. The number of hydrogen-bond donors (Lipinski definition) is 1. The van der Waals surface area contributed by atoms with Crippen LogP contribution >= 0.6 is 0 Å². The van der Waals surface area contributed by atoms with Crippen LogP contribution < -0.4 is 15.0 Å². The lowest BCUT2D eigenvalue weighted by Crippen LogP contribution is -2.41. The van der Waals surface area contributed by atoms with E-state index in [9.17, 15) is 9.59 Å². The van der Waals surface area contributed by atoms with Crippen LogP contribution in [0.15, 0.2) is 127 Å². The van der Waals surface area contributed by atoms with Crippen molar-refractivity contribution in [2.45, 2.75) is 51.2 Å². The molecule has 7 nitrogen and oxygen atoms in total. The molecule has 1 N–H and O–H groups in total. The van der Waals surface area contributed by atoms with E-state index in [0.29, 0.717) is 56.3 Å². The molecule has 0 aromatic heterocycles. The van der Waals surface area contributed by atoms with Crippen LogP contribution in [-0.4, -0.2) is 11.9 Å². The lowest BCUT2D eigenvalue weighted by Gasteiger charge is -2.37. The molecule has 7 heteroatoms. The Labute approximate surface area is 252 Å². The normalized spacial score (nSPS) is 16.2. The summed E-state index contributed by atoms with van der Waals surface area (Å²) in [6.07, 6.45) is 2.17. The topological polar surface area (TPSA) is 83.1 Å². The van der Waals surface area contributed by atoms with Crippen molar-refractivity contribution in [3.8, 4) is 11.5 Å². The summed E-state index contributed by atoms with van der Waals surface area (Å²) in [5.74, 6) is 0.764. The van der Waals surface area contributed by atoms with Gasteiger partial charge in [0.15, 0.2) is 0 Å². The molecule has 0 bridgehead atoms. The fourth-order valence-corrected chi connectivity index (χ4v) is 5.21. The number of benzene rings is 4. The first kappa shape index (κ1) is 29.6. The van der Waals surface area contributed by atoms with Crippen LogP contribution in [0.2, 0.25) is 0 Å². The smallest absolute Gasteiger partial charge is 0.321 e. The van der Waals surface area contributed by atoms with E-state index in [1.165, 1.54) is 6.92 Å². The van der Waals surface area contributed by atoms with E-state index < -0.39 is 11.4 Å². The van der Waals surface area contributed by atoms with Crippen LogP contribution in [0, 0.1) is 0 Å². The van der Waals surface area contributed by atoms with Crippen LogP contribution in [0.3, 0.4) is 0 Å². The molecular formula is C36H35NO6. The number of nitrogens with one attached hydrogen (secondary N) is 1. The Morgan fingerprint density at radius 2 is 1.21 bits per heavy atom. The fourth-order valence-electron chi connectivity index (χ4n) is 5.21. The highest BCUT2D eigenvalue weighted by molar-refractivity contribution is 5.85. The van der Waals surface area contributed by atoms with Gasteiger partial charge in [-0.2, -0.15) is 0 Å². The Morgan fingerprint density at radius 3 is 1.79 bits per heavy atom. The number of ether oxygens (including phenoxy) is 3. The van der Waals surface area contributed by atoms with Gasteiger partial charge in [0, 0.05) is 6.92 Å². The van der Waals surface area contributed by atoms with Crippen molar-refractivity contribution in [2.24, 2.45) is 0 Å². The van der Waals surface area contributed by atoms with Gasteiger partial charge in [-0.25, -0.2) is 5.48 Å². The van der Waals surface area contributed by atoms with Crippen molar-refractivity contribution in [1.29, 1.82) is 0 Å². The second kappa shape index (κ2) is 14.3. The number of allylic oxidation sites excluding steroid dienone is 1. The minimum Gasteiger partial charge on any atom is -0.473 e. The molecule has 1 saturated carbocycles. The SMILES string of the molecule is CC(=O)Oc1ccc(C2(C(=O)Oc3ccccc3)CCC(=C(NOCc3ccccc3)OCc3ccccc3)CC2)cc1. The van der Waals surface area contributed by atoms with E-state index in [4.69, 9.17) is 19.0 Å². The fraction of sp³-hybridized carbons (Fsp3) is 0.222. The van der Waals surface area contributed by atoms with Crippen LogP contribution in [-0.2, 0) is 37.8 Å².